The fraction of sp³-hybridized carbons (Fsp3) is 0.269. The summed E-state index contributed by atoms with van der Waals surface area (Å²) in [6.45, 7) is 1.69. The van der Waals surface area contributed by atoms with E-state index >= 15 is 0 Å². The van der Waals surface area contributed by atoms with Gasteiger partial charge in [0.2, 0.25) is 5.91 Å². The first-order valence-electron chi connectivity index (χ1n) is 11.1. The Kier molecular flexibility index (Phi) is 6.93. The molecule has 2 aromatic carbocycles. The maximum absolute atomic E-state index is 13.1. The molecule has 0 aliphatic carbocycles. The summed E-state index contributed by atoms with van der Waals surface area (Å²) in [4.78, 5) is 26.0. The number of amides is 2. The number of halogens is 1. The monoisotopic (exact) mass is 460 g/mol. The topological polar surface area (TPSA) is 101 Å². The van der Waals surface area contributed by atoms with E-state index in [2.05, 4.69) is 0 Å². The summed E-state index contributed by atoms with van der Waals surface area (Å²) in [7, 11) is 0. The number of primary amides is 1. The number of likely N-dealkylation sites (tertiary alicyclic amines) is 1. The van der Waals surface area contributed by atoms with E-state index in [1.807, 2.05) is 41.1 Å². The molecule has 174 valence electrons. The number of benzene rings is 2. The number of aromatic nitrogens is 1. The van der Waals surface area contributed by atoms with Crippen molar-refractivity contribution in [3.05, 3.63) is 71.7 Å². The molecule has 3 aromatic rings. The highest BCUT2D eigenvalue weighted by Gasteiger charge is 2.27. The van der Waals surface area contributed by atoms with Gasteiger partial charge in [-0.25, -0.2) is 4.39 Å². The van der Waals surface area contributed by atoms with Crippen molar-refractivity contribution in [2.75, 3.05) is 19.7 Å². The number of para-hydroxylation sites is 1. The minimum absolute atomic E-state index is 0.0444. The third kappa shape index (κ3) is 5.09. The van der Waals surface area contributed by atoms with E-state index in [1.54, 1.807) is 23.1 Å². The molecule has 1 saturated heterocycles. The van der Waals surface area contributed by atoms with Gasteiger partial charge in [-0.15, -0.1) is 0 Å². The molecule has 0 spiro atoms. The summed E-state index contributed by atoms with van der Waals surface area (Å²) in [5.74, 6) is -0.661. The van der Waals surface area contributed by atoms with Crippen LogP contribution in [0.4, 0.5) is 4.39 Å². The molecule has 2 N–H and O–H groups in total. The van der Waals surface area contributed by atoms with E-state index in [0.717, 1.165) is 16.5 Å². The van der Waals surface area contributed by atoms with Crippen molar-refractivity contribution >= 4 is 28.8 Å². The molecule has 1 aliphatic heterocycles. The molecule has 0 saturated carbocycles. The SMILES string of the molecule is N#C/C(=C\c1cn(CCOc2ccc(F)cc2)c2ccccc12)C(=O)N1CCC(C(N)=O)CC1. The highest BCUT2D eigenvalue weighted by molar-refractivity contribution is 6.04. The molecule has 8 heteroatoms. The van der Waals surface area contributed by atoms with E-state index in [4.69, 9.17) is 10.5 Å². The molecule has 7 nitrogen and oxygen atoms in total. The van der Waals surface area contributed by atoms with Gasteiger partial charge in [-0.2, -0.15) is 5.26 Å². The van der Waals surface area contributed by atoms with Crippen LogP contribution >= 0.6 is 0 Å². The summed E-state index contributed by atoms with van der Waals surface area (Å²) in [5.41, 5.74) is 7.12. The van der Waals surface area contributed by atoms with Crippen molar-refractivity contribution in [3.8, 4) is 11.8 Å². The standard InChI is InChI=1S/C26H25FN4O3/c27-21-5-7-22(8-6-21)34-14-13-31-17-20(23-3-1-2-4-24(23)31)15-19(16-28)26(33)30-11-9-18(10-12-30)25(29)32/h1-8,15,17-18H,9-14H2,(H2,29,32)/b19-15+. The van der Waals surface area contributed by atoms with Gasteiger partial charge in [0, 0.05) is 41.7 Å². The number of fused-ring (bicyclic) bond motifs is 1. The molecule has 34 heavy (non-hydrogen) atoms. The zero-order valence-electron chi connectivity index (χ0n) is 18.6. The molecule has 0 bridgehead atoms. The molecular formula is C26H25FN4O3. The van der Waals surface area contributed by atoms with Gasteiger partial charge in [-0.1, -0.05) is 18.2 Å². The Morgan fingerprint density at radius 2 is 1.85 bits per heavy atom. The number of ether oxygens (including phenoxy) is 1. The number of rotatable bonds is 7. The number of nitriles is 1. The minimum atomic E-state index is -0.348. The lowest BCUT2D eigenvalue weighted by atomic mass is 9.96. The maximum atomic E-state index is 13.1. The molecule has 2 amide bonds. The number of carbonyl (C=O) groups excluding carboxylic acids is 2. The first-order valence-corrected chi connectivity index (χ1v) is 11.1. The second-order valence-electron chi connectivity index (χ2n) is 8.24. The Bertz CT molecular complexity index is 1270. The lowest BCUT2D eigenvalue weighted by Gasteiger charge is -2.30. The number of nitrogens with zero attached hydrogens (tertiary/aromatic N) is 3. The number of carbonyl (C=O) groups is 2. The molecule has 0 radical (unpaired) electrons. The van der Waals surface area contributed by atoms with Crippen LogP contribution in [0.15, 0.2) is 60.3 Å². The highest BCUT2D eigenvalue weighted by atomic mass is 19.1. The molecule has 0 atom stereocenters. The van der Waals surface area contributed by atoms with Gasteiger partial charge >= 0.3 is 0 Å². The number of hydrogen-bond acceptors (Lipinski definition) is 4. The van der Waals surface area contributed by atoms with Gasteiger partial charge in [0.25, 0.3) is 5.91 Å². The molecule has 0 unspecified atom stereocenters. The zero-order valence-corrected chi connectivity index (χ0v) is 18.6. The van der Waals surface area contributed by atoms with Crippen LogP contribution in [-0.2, 0) is 16.1 Å². The summed E-state index contributed by atoms with van der Waals surface area (Å²) in [5, 5.41) is 10.6. The van der Waals surface area contributed by atoms with Crippen LogP contribution in [0, 0.1) is 23.1 Å². The third-order valence-electron chi connectivity index (χ3n) is 6.07. The van der Waals surface area contributed by atoms with Gasteiger partial charge in [-0.3, -0.25) is 9.59 Å². The Hall–Kier alpha value is -4.12. The van der Waals surface area contributed by atoms with Gasteiger partial charge in [0.1, 0.15) is 29.8 Å². The Morgan fingerprint density at radius 1 is 1.15 bits per heavy atom. The second-order valence-corrected chi connectivity index (χ2v) is 8.24. The Balaban J connectivity index is 1.51. The molecule has 2 heterocycles. The summed E-state index contributed by atoms with van der Waals surface area (Å²) >= 11 is 0. The second kappa shape index (κ2) is 10.2. The van der Waals surface area contributed by atoms with Crippen molar-refractivity contribution in [2.24, 2.45) is 11.7 Å². The summed E-state index contributed by atoms with van der Waals surface area (Å²) < 4.78 is 20.8. The van der Waals surface area contributed by atoms with Crippen LogP contribution in [0.1, 0.15) is 18.4 Å². The predicted octanol–water partition coefficient (Wildman–Crippen LogP) is 3.49. The van der Waals surface area contributed by atoms with Gasteiger partial charge in [0.15, 0.2) is 0 Å². The third-order valence-corrected chi connectivity index (χ3v) is 6.07. The van der Waals surface area contributed by atoms with Crippen molar-refractivity contribution in [3.63, 3.8) is 0 Å². The molecule has 4 rings (SSSR count). The van der Waals surface area contributed by atoms with Crippen LogP contribution in [0.2, 0.25) is 0 Å². The predicted molar refractivity (Wildman–Crippen MR) is 126 cm³/mol. The number of piperidine rings is 1. The van der Waals surface area contributed by atoms with Crippen molar-refractivity contribution in [2.45, 2.75) is 19.4 Å². The van der Waals surface area contributed by atoms with Crippen LogP contribution in [-0.4, -0.2) is 41.0 Å². The van der Waals surface area contributed by atoms with Crippen molar-refractivity contribution in [1.82, 2.24) is 9.47 Å². The summed E-state index contributed by atoms with van der Waals surface area (Å²) in [6, 6.07) is 15.6. The first-order chi connectivity index (χ1) is 16.5. The van der Waals surface area contributed by atoms with Crippen molar-refractivity contribution < 1.29 is 18.7 Å². The van der Waals surface area contributed by atoms with E-state index in [1.165, 1.54) is 12.1 Å². The normalized spacial score (nSPS) is 14.7. The van der Waals surface area contributed by atoms with E-state index < -0.39 is 0 Å². The molecule has 1 fully saturated rings. The Morgan fingerprint density at radius 3 is 2.53 bits per heavy atom. The Labute approximate surface area is 196 Å². The van der Waals surface area contributed by atoms with Gasteiger partial charge < -0.3 is 19.9 Å². The van der Waals surface area contributed by atoms with Crippen LogP contribution in [0.25, 0.3) is 17.0 Å². The highest BCUT2D eigenvalue weighted by Crippen LogP contribution is 2.25. The molecular weight excluding hydrogens is 435 g/mol. The van der Waals surface area contributed by atoms with Crippen LogP contribution < -0.4 is 10.5 Å². The molecule has 1 aliphatic rings. The lowest BCUT2D eigenvalue weighted by molar-refractivity contribution is -0.131. The largest absolute Gasteiger partial charge is 0.492 e. The van der Waals surface area contributed by atoms with Crippen molar-refractivity contribution in [1.29, 1.82) is 5.26 Å². The summed E-state index contributed by atoms with van der Waals surface area (Å²) in [6.07, 6.45) is 4.52. The van der Waals surface area contributed by atoms with Crippen LogP contribution in [0.5, 0.6) is 5.75 Å². The van der Waals surface area contributed by atoms with E-state index in [0.29, 0.717) is 44.8 Å². The van der Waals surface area contributed by atoms with Crippen LogP contribution in [0.3, 0.4) is 0 Å². The van der Waals surface area contributed by atoms with E-state index in [-0.39, 0.29) is 29.1 Å². The number of hydrogen-bond donors (Lipinski definition) is 1. The quantitative estimate of drug-likeness (QED) is 0.431. The fourth-order valence-electron chi connectivity index (χ4n) is 4.20. The minimum Gasteiger partial charge on any atom is -0.492 e. The zero-order chi connectivity index (χ0) is 24.1. The average Bonchev–Trinajstić information content (AvgIpc) is 3.20. The lowest BCUT2D eigenvalue weighted by Crippen LogP contribution is -2.42. The first kappa shape index (κ1) is 23.1. The average molecular weight is 461 g/mol. The maximum Gasteiger partial charge on any atom is 0.264 e. The van der Waals surface area contributed by atoms with Gasteiger partial charge in [-0.05, 0) is 49.2 Å². The molecule has 1 aromatic heterocycles. The van der Waals surface area contributed by atoms with Gasteiger partial charge in [0.05, 0.1) is 6.54 Å². The smallest absolute Gasteiger partial charge is 0.264 e. The number of nitrogens with two attached hydrogens (primary N) is 1. The fourth-order valence-corrected chi connectivity index (χ4v) is 4.20. The van der Waals surface area contributed by atoms with E-state index in [9.17, 15) is 19.2 Å².